The predicted octanol–water partition coefficient (Wildman–Crippen LogP) is 0.717. The number of non-ortho nitro benzene ring substituents is 1. The standard InChI is InChI=1S/C7H8N2O3S/c8-13(12)5-6-1-3-7(4-2-6)9(10)11/h1-4H,5,8H2. The average molecular weight is 200 g/mol. The highest BCUT2D eigenvalue weighted by Gasteiger charge is 2.04. The summed E-state index contributed by atoms with van der Waals surface area (Å²) in [7, 11) is -1.40. The van der Waals surface area contributed by atoms with Crippen LogP contribution in [-0.4, -0.2) is 9.13 Å². The Kier molecular flexibility index (Phi) is 3.10. The Balaban J connectivity index is 2.81. The van der Waals surface area contributed by atoms with E-state index in [-0.39, 0.29) is 11.4 Å². The van der Waals surface area contributed by atoms with Crippen LogP contribution < -0.4 is 5.14 Å². The zero-order chi connectivity index (χ0) is 9.84. The quantitative estimate of drug-likeness (QED) is 0.576. The summed E-state index contributed by atoms with van der Waals surface area (Å²) in [6.45, 7) is 0. The van der Waals surface area contributed by atoms with Crippen molar-refractivity contribution in [1.82, 2.24) is 0 Å². The van der Waals surface area contributed by atoms with Crippen LogP contribution in [0.15, 0.2) is 24.3 Å². The second kappa shape index (κ2) is 4.11. The molecule has 13 heavy (non-hydrogen) atoms. The number of hydrogen-bond donors (Lipinski definition) is 1. The summed E-state index contributed by atoms with van der Waals surface area (Å²) in [5.74, 6) is 0.220. The molecule has 2 N–H and O–H groups in total. The van der Waals surface area contributed by atoms with E-state index in [4.69, 9.17) is 5.14 Å². The highest BCUT2D eigenvalue weighted by Crippen LogP contribution is 2.12. The van der Waals surface area contributed by atoms with E-state index in [0.29, 0.717) is 0 Å². The Bertz CT molecular complexity index is 336. The topological polar surface area (TPSA) is 86.2 Å². The van der Waals surface area contributed by atoms with Crippen molar-refractivity contribution in [2.24, 2.45) is 5.14 Å². The molecule has 1 aromatic rings. The van der Waals surface area contributed by atoms with Crippen LogP contribution in [0.2, 0.25) is 0 Å². The lowest BCUT2D eigenvalue weighted by atomic mass is 10.2. The summed E-state index contributed by atoms with van der Waals surface area (Å²) < 4.78 is 10.6. The molecule has 0 spiro atoms. The number of benzene rings is 1. The molecule has 70 valence electrons. The molecule has 0 saturated carbocycles. The van der Waals surface area contributed by atoms with Gasteiger partial charge in [0.1, 0.15) is 0 Å². The molecule has 0 bridgehead atoms. The second-order valence-electron chi connectivity index (χ2n) is 2.45. The predicted molar refractivity (Wildman–Crippen MR) is 49.1 cm³/mol. The Morgan fingerprint density at radius 2 is 1.92 bits per heavy atom. The molecule has 0 aliphatic rings. The third kappa shape index (κ3) is 2.92. The van der Waals surface area contributed by atoms with Gasteiger partial charge >= 0.3 is 0 Å². The zero-order valence-electron chi connectivity index (χ0n) is 6.67. The number of nitrogens with zero attached hydrogens (tertiary/aromatic N) is 1. The van der Waals surface area contributed by atoms with E-state index in [2.05, 4.69) is 0 Å². The molecule has 0 aliphatic heterocycles. The van der Waals surface area contributed by atoms with Crippen molar-refractivity contribution in [3.8, 4) is 0 Å². The van der Waals surface area contributed by atoms with Crippen LogP contribution >= 0.6 is 0 Å². The molecule has 0 heterocycles. The minimum atomic E-state index is -1.40. The monoisotopic (exact) mass is 200 g/mol. The third-order valence-corrected chi connectivity index (χ3v) is 2.07. The van der Waals surface area contributed by atoms with Crippen molar-refractivity contribution < 1.29 is 9.13 Å². The first-order valence-corrected chi connectivity index (χ1v) is 4.84. The summed E-state index contributed by atoms with van der Waals surface area (Å²) >= 11 is 0. The maximum Gasteiger partial charge on any atom is 0.269 e. The number of nitro benzene ring substituents is 1. The van der Waals surface area contributed by atoms with Gasteiger partial charge < -0.3 is 0 Å². The van der Waals surface area contributed by atoms with Crippen LogP contribution in [0.1, 0.15) is 5.56 Å². The van der Waals surface area contributed by atoms with Gasteiger partial charge in [-0.1, -0.05) is 12.1 Å². The van der Waals surface area contributed by atoms with E-state index in [1.807, 2.05) is 0 Å². The highest BCUT2D eigenvalue weighted by molar-refractivity contribution is 7.81. The maximum atomic E-state index is 10.6. The minimum Gasteiger partial charge on any atom is -0.258 e. The Morgan fingerprint density at radius 1 is 1.38 bits per heavy atom. The molecule has 0 aromatic heterocycles. The van der Waals surface area contributed by atoms with Gasteiger partial charge in [0.05, 0.1) is 21.7 Å². The average Bonchev–Trinajstić information content (AvgIpc) is 2.04. The number of nitro groups is 1. The summed E-state index contributed by atoms with van der Waals surface area (Å²) in [6.07, 6.45) is 0. The Morgan fingerprint density at radius 3 is 2.31 bits per heavy atom. The van der Waals surface area contributed by atoms with Crippen molar-refractivity contribution in [3.63, 3.8) is 0 Å². The van der Waals surface area contributed by atoms with Crippen LogP contribution in [0.5, 0.6) is 0 Å². The molecule has 1 atom stereocenters. The van der Waals surface area contributed by atoms with Crippen molar-refractivity contribution in [2.75, 3.05) is 0 Å². The summed E-state index contributed by atoms with van der Waals surface area (Å²) in [4.78, 5) is 9.77. The van der Waals surface area contributed by atoms with E-state index < -0.39 is 15.9 Å². The van der Waals surface area contributed by atoms with E-state index in [9.17, 15) is 14.3 Å². The van der Waals surface area contributed by atoms with Crippen LogP contribution in [0.4, 0.5) is 5.69 Å². The van der Waals surface area contributed by atoms with Gasteiger partial charge in [0.2, 0.25) is 0 Å². The SMILES string of the molecule is NS(=O)Cc1ccc([N+](=O)[O-])cc1. The van der Waals surface area contributed by atoms with Crippen molar-refractivity contribution in [3.05, 3.63) is 39.9 Å². The van der Waals surface area contributed by atoms with Crippen molar-refractivity contribution in [2.45, 2.75) is 5.75 Å². The molecular weight excluding hydrogens is 192 g/mol. The van der Waals surface area contributed by atoms with Gasteiger partial charge in [-0.15, -0.1) is 0 Å². The van der Waals surface area contributed by atoms with Gasteiger partial charge in [0.15, 0.2) is 0 Å². The first-order chi connectivity index (χ1) is 6.09. The van der Waals surface area contributed by atoms with Crippen LogP contribution in [0.3, 0.4) is 0 Å². The van der Waals surface area contributed by atoms with E-state index in [1.54, 1.807) is 12.1 Å². The van der Waals surface area contributed by atoms with Crippen LogP contribution in [0.25, 0.3) is 0 Å². The molecule has 0 fully saturated rings. The molecule has 0 saturated heterocycles. The lowest BCUT2D eigenvalue weighted by Crippen LogP contribution is -2.05. The fraction of sp³-hybridized carbons (Fsp3) is 0.143. The van der Waals surface area contributed by atoms with Crippen molar-refractivity contribution in [1.29, 1.82) is 0 Å². The fourth-order valence-corrected chi connectivity index (χ4v) is 1.40. The molecular formula is C7H8N2O3S. The summed E-state index contributed by atoms with van der Waals surface area (Å²) in [5, 5.41) is 15.3. The molecule has 6 heteroatoms. The lowest BCUT2D eigenvalue weighted by Gasteiger charge is -1.96. The van der Waals surface area contributed by atoms with Crippen LogP contribution in [-0.2, 0) is 16.7 Å². The molecule has 0 aliphatic carbocycles. The van der Waals surface area contributed by atoms with Crippen molar-refractivity contribution >= 4 is 16.7 Å². The third-order valence-electron chi connectivity index (χ3n) is 1.46. The minimum absolute atomic E-state index is 0.0200. The molecule has 0 radical (unpaired) electrons. The Hall–Kier alpha value is -1.27. The smallest absolute Gasteiger partial charge is 0.258 e. The van der Waals surface area contributed by atoms with E-state index in [0.717, 1.165) is 5.56 Å². The van der Waals surface area contributed by atoms with Gasteiger partial charge in [0, 0.05) is 12.1 Å². The molecule has 0 amide bonds. The zero-order valence-corrected chi connectivity index (χ0v) is 7.49. The Labute approximate surface area is 77.3 Å². The number of nitrogens with two attached hydrogens (primary N) is 1. The van der Waals surface area contributed by atoms with E-state index >= 15 is 0 Å². The molecule has 5 nitrogen and oxygen atoms in total. The van der Waals surface area contributed by atoms with E-state index in [1.165, 1.54) is 12.1 Å². The molecule has 1 unspecified atom stereocenters. The summed E-state index contributed by atoms with van der Waals surface area (Å²) in [6, 6.07) is 5.82. The largest absolute Gasteiger partial charge is 0.269 e. The molecule has 1 rings (SSSR count). The molecule has 1 aromatic carbocycles. The van der Waals surface area contributed by atoms with Gasteiger partial charge in [-0.2, -0.15) is 0 Å². The normalized spacial score (nSPS) is 12.4. The fourth-order valence-electron chi connectivity index (χ4n) is 0.878. The first kappa shape index (κ1) is 9.82. The van der Waals surface area contributed by atoms with Gasteiger partial charge in [-0.25, -0.2) is 4.21 Å². The van der Waals surface area contributed by atoms with Crippen LogP contribution in [0, 0.1) is 10.1 Å². The summed E-state index contributed by atoms with van der Waals surface area (Å²) in [5.41, 5.74) is 0.748. The number of hydrogen-bond acceptors (Lipinski definition) is 3. The number of rotatable bonds is 3. The first-order valence-electron chi connectivity index (χ1n) is 3.45. The van der Waals surface area contributed by atoms with Gasteiger partial charge in [-0.05, 0) is 5.56 Å². The van der Waals surface area contributed by atoms with Gasteiger partial charge in [-0.3, -0.25) is 15.3 Å². The maximum absolute atomic E-state index is 10.6. The van der Waals surface area contributed by atoms with Gasteiger partial charge in [0.25, 0.3) is 5.69 Å². The highest BCUT2D eigenvalue weighted by atomic mass is 32.2. The lowest BCUT2D eigenvalue weighted by molar-refractivity contribution is -0.384. The second-order valence-corrected chi connectivity index (χ2v) is 3.50.